The summed E-state index contributed by atoms with van der Waals surface area (Å²) in [6, 6.07) is 6.07. The molecule has 0 N–H and O–H groups in total. The number of unbranched alkanes of at least 4 members (excludes halogenated alkanes) is 2. The van der Waals surface area contributed by atoms with Crippen LogP contribution in [-0.4, -0.2) is 14.2 Å². The minimum absolute atomic E-state index is 0.876. The maximum Gasteiger partial charge on any atom is 0.122 e. The van der Waals surface area contributed by atoms with Gasteiger partial charge in [-0.3, -0.25) is 0 Å². The van der Waals surface area contributed by atoms with Crippen LogP contribution in [0.4, 0.5) is 0 Å². The van der Waals surface area contributed by atoms with Crippen molar-refractivity contribution in [1.82, 2.24) is 0 Å². The Bertz CT molecular complexity index is 273. The Kier molecular flexibility index (Phi) is 9.31. The van der Waals surface area contributed by atoms with Gasteiger partial charge in [-0.15, -0.1) is 0 Å². The smallest absolute Gasteiger partial charge is 0.122 e. The van der Waals surface area contributed by atoms with Gasteiger partial charge in [0, 0.05) is 6.07 Å². The third kappa shape index (κ3) is 6.20. The topological polar surface area (TPSA) is 18.5 Å². The lowest BCUT2D eigenvalue weighted by atomic mass is 10.1. The first-order valence-corrected chi connectivity index (χ1v) is 6.52. The SMILES string of the molecule is CC.CCCCCc1cc(OC)cc(OC)c1. The Balaban J connectivity index is 0.00000121. The molecule has 0 aliphatic carbocycles. The summed E-state index contributed by atoms with van der Waals surface area (Å²) in [5.41, 5.74) is 1.29. The monoisotopic (exact) mass is 238 g/mol. The molecule has 0 aliphatic rings. The van der Waals surface area contributed by atoms with E-state index < -0.39 is 0 Å². The normalized spacial score (nSPS) is 9.24. The van der Waals surface area contributed by atoms with Crippen molar-refractivity contribution in [2.24, 2.45) is 0 Å². The summed E-state index contributed by atoms with van der Waals surface area (Å²) in [6.07, 6.45) is 4.86. The molecule has 2 nitrogen and oxygen atoms in total. The first-order valence-electron chi connectivity index (χ1n) is 6.52. The van der Waals surface area contributed by atoms with E-state index in [0.717, 1.165) is 17.9 Å². The van der Waals surface area contributed by atoms with E-state index in [4.69, 9.17) is 9.47 Å². The van der Waals surface area contributed by atoms with Gasteiger partial charge in [-0.05, 0) is 30.5 Å². The number of hydrogen-bond donors (Lipinski definition) is 0. The molecule has 0 spiro atoms. The Morgan fingerprint density at radius 1 is 0.882 bits per heavy atom. The molecule has 98 valence electrons. The molecule has 0 heterocycles. The number of aryl methyl sites for hydroxylation is 1. The zero-order valence-corrected chi connectivity index (χ0v) is 11.9. The fourth-order valence-electron chi connectivity index (χ4n) is 1.59. The van der Waals surface area contributed by atoms with Crippen LogP contribution in [-0.2, 0) is 6.42 Å². The first kappa shape index (κ1) is 15.8. The zero-order valence-electron chi connectivity index (χ0n) is 11.9. The van der Waals surface area contributed by atoms with E-state index in [-0.39, 0.29) is 0 Å². The van der Waals surface area contributed by atoms with Crippen LogP contribution < -0.4 is 9.47 Å². The fraction of sp³-hybridized carbons (Fsp3) is 0.600. The van der Waals surface area contributed by atoms with Crippen molar-refractivity contribution < 1.29 is 9.47 Å². The first-order chi connectivity index (χ1) is 8.30. The molecule has 0 aliphatic heterocycles. The number of ether oxygens (including phenoxy) is 2. The van der Waals surface area contributed by atoms with Crippen molar-refractivity contribution >= 4 is 0 Å². The van der Waals surface area contributed by atoms with Gasteiger partial charge in [0.2, 0.25) is 0 Å². The van der Waals surface area contributed by atoms with Crippen molar-refractivity contribution in [2.45, 2.75) is 46.5 Å². The summed E-state index contributed by atoms with van der Waals surface area (Å²) in [5.74, 6) is 1.75. The van der Waals surface area contributed by atoms with Crippen LogP contribution in [0.3, 0.4) is 0 Å². The van der Waals surface area contributed by atoms with Crippen LogP contribution in [0.1, 0.15) is 45.6 Å². The Morgan fingerprint density at radius 2 is 1.41 bits per heavy atom. The highest BCUT2D eigenvalue weighted by Gasteiger charge is 2.01. The van der Waals surface area contributed by atoms with E-state index in [0.29, 0.717) is 0 Å². The predicted molar refractivity (Wildman–Crippen MR) is 74.1 cm³/mol. The lowest BCUT2D eigenvalue weighted by molar-refractivity contribution is 0.393. The maximum atomic E-state index is 5.22. The van der Waals surface area contributed by atoms with E-state index in [1.807, 2.05) is 19.9 Å². The van der Waals surface area contributed by atoms with Crippen molar-refractivity contribution in [3.63, 3.8) is 0 Å². The zero-order chi connectivity index (χ0) is 13.1. The van der Waals surface area contributed by atoms with Gasteiger partial charge in [0.15, 0.2) is 0 Å². The summed E-state index contributed by atoms with van der Waals surface area (Å²) in [4.78, 5) is 0. The predicted octanol–water partition coefficient (Wildman–Crippen LogP) is 4.46. The average molecular weight is 238 g/mol. The molecule has 0 aromatic heterocycles. The summed E-state index contributed by atoms with van der Waals surface area (Å²) >= 11 is 0. The summed E-state index contributed by atoms with van der Waals surface area (Å²) in [5, 5.41) is 0. The summed E-state index contributed by atoms with van der Waals surface area (Å²) in [7, 11) is 3.37. The van der Waals surface area contributed by atoms with E-state index in [9.17, 15) is 0 Å². The second-order valence-corrected chi connectivity index (χ2v) is 3.68. The Labute approximate surface area is 106 Å². The molecular weight excluding hydrogens is 212 g/mol. The molecule has 1 rings (SSSR count). The molecule has 1 aromatic rings. The number of rotatable bonds is 6. The van der Waals surface area contributed by atoms with Crippen LogP contribution in [0.15, 0.2) is 18.2 Å². The van der Waals surface area contributed by atoms with Gasteiger partial charge < -0.3 is 9.47 Å². The highest BCUT2D eigenvalue weighted by Crippen LogP contribution is 2.23. The lowest BCUT2D eigenvalue weighted by Gasteiger charge is -2.08. The van der Waals surface area contributed by atoms with E-state index in [1.54, 1.807) is 14.2 Å². The summed E-state index contributed by atoms with van der Waals surface area (Å²) < 4.78 is 10.4. The van der Waals surface area contributed by atoms with Gasteiger partial charge in [-0.1, -0.05) is 33.6 Å². The lowest BCUT2D eigenvalue weighted by Crippen LogP contribution is -1.91. The quantitative estimate of drug-likeness (QED) is 0.681. The summed E-state index contributed by atoms with van der Waals surface area (Å²) in [6.45, 7) is 6.21. The van der Waals surface area contributed by atoms with Crippen molar-refractivity contribution in [3.8, 4) is 11.5 Å². The fourth-order valence-corrected chi connectivity index (χ4v) is 1.59. The second kappa shape index (κ2) is 10.0. The molecular formula is C15H26O2. The highest BCUT2D eigenvalue weighted by atomic mass is 16.5. The number of hydrogen-bond acceptors (Lipinski definition) is 2. The highest BCUT2D eigenvalue weighted by molar-refractivity contribution is 5.38. The molecule has 1 aromatic carbocycles. The Morgan fingerprint density at radius 3 is 1.82 bits per heavy atom. The second-order valence-electron chi connectivity index (χ2n) is 3.68. The van der Waals surface area contributed by atoms with Crippen LogP contribution in [0.25, 0.3) is 0 Å². The van der Waals surface area contributed by atoms with E-state index >= 15 is 0 Å². The molecule has 0 saturated carbocycles. The molecule has 0 unspecified atom stereocenters. The van der Waals surface area contributed by atoms with Gasteiger partial charge in [0.1, 0.15) is 11.5 Å². The van der Waals surface area contributed by atoms with Crippen LogP contribution in [0.2, 0.25) is 0 Å². The number of benzene rings is 1. The van der Waals surface area contributed by atoms with Gasteiger partial charge in [-0.2, -0.15) is 0 Å². The van der Waals surface area contributed by atoms with Crippen LogP contribution in [0, 0.1) is 0 Å². The third-order valence-corrected chi connectivity index (χ3v) is 2.48. The van der Waals surface area contributed by atoms with Crippen molar-refractivity contribution in [1.29, 1.82) is 0 Å². The molecule has 0 radical (unpaired) electrons. The van der Waals surface area contributed by atoms with E-state index in [1.165, 1.54) is 24.8 Å². The van der Waals surface area contributed by atoms with Gasteiger partial charge in [0.05, 0.1) is 14.2 Å². The van der Waals surface area contributed by atoms with Gasteiger partial charge in [-0.25, -0.2) is 0 Å². The molecule has 0 fully saturated rings. The minimum Gasteiger partial charge on any atom is -0.497 e. The average Bonchev–Trinajstić information content (AvgIpc) is 2.41. The molecule has 0 amide bonds. The van der Waals surface area contributed by atoms with Crippen LogP contribution in [0.5, 0.6) is 11.5 Å². The van der Waals surface area contributed by atoms with Gasteiger partial charge in [0.25, 0.3) is 0 Å². The molecule has 17 heavy (non-hydrogen) atoms. The van der Waals surface area contributed by atoms with Crippen LogP contribution >= 0.6 is 0 Å². The largest absolute Gasteiger partial charge is 0.497 e. The standard InChI is InChI=1S/C13H20O2.C2H6/c1-4-5-6-7-11-8-12(14-2)10-13(9-11)15-3;1-2/h8-10H,4-7H2,1-3H3;1-2H3. The molecule has 0 atom stereocenters. The van der Waals surface area contributed by atoms with E-state index in [2.05, 4.69) is 19.1 Å². The van der Waals surface area contributed by atoms with Crippen molar-refractivity contribution in [3.05, 3.63) is 23.8 Å². The third-order valence-electron chi connectivity index (χ3n) is 2.48. The van der Waals surface area contributed by atoms with Gasteiger partial charge >= 0.3 is 0 Å². The van der Waals surface area contributed by atoms with Crippen molar-refractivity contribution in [2.75, 3.05) is 14.2 Å². The molecule has 0 saturated heterocycles. The maximum absolute atomic E-state index is 5.22. The molecule has 2 heteroatoms. The number of methoxy groups -OCH3 is 2. The minimum atomic E-state index is 0.876. The Hall–Kier alpha value is -1.18. The molecule has 0 bridgehead atoms.